The molecule has 0 saturated heterocycles. The zero-order valence-electron chi connectivity index (χ0n) is 18.3. The fraction of sp³-hybridized carbons (Fsp3) is 0.304. The van der Waals surface area contributed by atoms with Crippen molar-refractivity contribution in [3.63, 3.8) is 0 Å². The monoisotopic (exact) mass is 470 g/mol. The number of hydrogen-bond acceptors (Lipinski definition) is 5. The number of nitrogens with one attached hydrogen (secondary N) is 1. The van der Waals surface area contributed by atoms with E-state index in [1.165, 1.54) is 40.7 Å². The first-order valence-electron chi connectivity index (χ1n) is 10.7. The lowest BCUT2D eigenvalue weighted by atomic mass is 10.1. The third kappa shape index (κ3) is 3.92. The Kier molecular flexibility index (Phi) is 5.35. The molecule has 1 unspecified atom stereocenters. The molecule has 3 heterocycles. The van der Waals surface area contributed by atoms with Crippen molar-refractivity contribution in [1.29, 1.82) is 0 Å². The van der Waals surface area contributed by atoms with Gasteiger partial charge in [0, 0.05) is 23.2 Å². The number of alkyl halides is 2. The van der Waals surface area contributed by atoms with Gasteiger partial charge in [-0.15, -0.1) is 0 Å². The summed E-state index contributed by atoms with van der Waals surface area (Å²) in [5.74, 6) is -0.403. The van der Waals surface area contributed by atoms with Crippen LogP contribution in [0.4, 0.5) is 18.9 Å². The predicted octanol–water partition coefficient (Wildman–Crippen LogP) is 4.39. The van der Waals surface area contributed by atoms with Crippen LogP contribution in [0.25, 0.3) is 22.7 Å². The first-order valence-corrected chi connectivity index (χ1v) is 10.7. The molecule has 1 aliphatic rings. The van der Waals surface area contributed by atoms with Gasteiger partial charge >= 0.3 is 0 Å². The van der Waals surface area contributed by atoms with E-state index in [-0.39, 0.29) is 23.3 Å². The highest BCUT2D eigenvalue weighted by Crippen LogP contribution is 2.32. The Hall–Kier alpha value is -3.73. The summed E-state index contributed by atoms with van der Waals surface area (Å²) < 4.78 is 44.0. The van der Waals surface area contributed by atoms with Crippen LogP contribution in [0.15, 0.2) is 36.7 Å². The fourth-order valence-corrected chi connectivity index (χ4v) is 3.79. The van der Waals surface area contributed by atoms with E-state index in [4.69, 9.17) is 0 Å². The number of carbonyl (C=O) groups is 1. The number of aliphatic hydroxyl groups is 1. The third-order valence-electron chi connectivity index (χ3n) is 5.76. The Morgan fingerprint density at radius 2 is 2.00 bits per heavy atom. The number of carbonyl (C=O) groups excluding carboxylic acids is 1. The number of aryl methyl sites for hydroxylation is 1. The normalized spacial score (nSPS) is 14.7. The van der Waals surface area contributed by atoms with Crippen molar-refractivity contribution < 1.29 is 23.1 Å². The van der Waals surface area contributed by atoms with Gasteiger partial charge in [-0.1, -0.05) is 0 Å². The molecule has 0 spiro atoms. The van der Waals surface area contributed by atoms with Gasteiger partial charge in [0.05, 0.1) is 22.8 Å². The van der Waals surface area contributed by atoms with Gasteiger partial charge in [0.1, 0.15) is 23.7 Å². The highest BCUT2D eigenvalue weighted by Gasteiger charge is 2.30. The maximum Gasteiger partial charge on any atom is 0.282 e. The second-order valence-corrected chi connectivity index (χ2v) is 8.38. The van der Waals surface area contributed by atoms with Gasteiger partial charge in [0.25, 0.3) is 6.43 Å². The molecular weight excluding hydrogens is 449 g/mol. The summed E-state index contributed by atoms with van der Waals surface area (Å²) in [5, 5.41) is 16.8. The number of amides is 1. The second-order valence-electron chi connectivity index (χ2n) is 8.38. The Balaban J connectivity index is 1.58. The molecule has 2 N–H and O–H groups in total. The van der Waals surface area contributed by atoms with Crippen molar-refractivity contribution in [1.82, 2.24) is 24.3 Å². The van der Waals surface area contributed by atoms with Gasteiger partial charge in [-0.2, -0.15) is 5.10 Å². The van der Waals surface area contributed by atoms with Gasteiger partial charge in [-0.05, 0) is 51.0 Å². The van der Waals surface area contributed by atoms with Gasteiger partial charge < -0.3 is 10.4 Å². The van der Waals surface area contributed by atoms with Crippen molar-refractivity contribution in [3.8, 4) is 11.6 Å². The van der Waals surface area contributed by atoms with Crippen LogP contribution in [-0.2, 0) is 4.79 Å². The number of hydrogen-bond donors (Lipinski definition) is 2. The van der Waals surface area contributed by atoms with Crippen molar-refractivity contribution in [3.05, 3.63) is 59.4 Å². The molecule has 1 atom stereocenters. The molecule has 3 aromatic heterocycles. The average molecular weight is 470 g/mol. The number of fused-ring (bicyclic) bond motifs is 1. The quantitative estimate of drug-likeness (QED) is 0.436. The lowest BCUT2D eigenvalue weighted by molar-refractivity contribution is -0.117. The Bertz CT molecular complexity index is 1410. The van der Waals surface area contributed by atoms with Crippen LogP contribution in [0.1, 0.15) is 49.2 Å². The maximum atomic E-state index is 14.8. The molecule has 11 heteroatoms. The summed E-state index contributed by atoms with van der Waals surface area (Å²) in [4.78, 5) is 20.9. The molecule has 0 bridgehead atoms. The molecule has 1 aromatic carbocycles. The number of aromatic nitrogens is 5. The van der Waals surface area contributed by atoms with E-state index >= 15 is 0 Å². The van der Waals surface area contributed by atoms with Gasteiger partial charge in [0.15, 0.2) is 5.82 Å². The van der Waals surface area contributed by atoms with Crippen LogP contribution in [-0.4, -0.2) is 35.3 Å². The Morgan fingerprint density at radius 1 is 1.24 bits per heavy atom. The van der Waals surface area contributed by atoms with Crippen molar-refractivity contribution in [2.75, 3.05) is 5.32 Å². The number of benzene rings is 1. The minimum Gasteiger partial charge on any atom is -0.389 e. The van der Waals surface area contributed by atoms with Crippen LogP contribution in [0.2, 0.25) is 0 Å². The number of anilines is 1. The number of pyridine rings is 1. The molecule has 0 radical (unpaired) electrons. The molecule has 0 aliphatic heterocycles. The zero-order chi connectivity index (χ0) is 24.1. The second kappa shape index (κ2) is 8.24. The van der Waals surface area contributed by atoms with Crippen LogP contribution in [0.3, 0.4) is 0 Å². The average Bonchev–Trinajstić information content (AvgIpc) is 3.46. The molecule has 176 valence electrons. The number of nitrogens with zero attached hydrogens (tertiary/aromatic N) is 5. The topological polar surface area (TPSA) is 97.9 Å². The Labute approximate surface area is 192 Å². The van der Waals surface area contributed by atoms with Crippen LogP contribution >= 0.6 is 0 Å². The Morgan fingerprint density at radius 3 is 2.65 bits per heavy atom. The summed E-state index contributed by atoms with van der Waals surface area (Å²) in [6.45, 7) is 3.14. The zero-order valence-corrected chi connectivity index (χ0v) is 18.3. The van der Waals surface area contributed by atoms with Crippen molar-refractivity contribution in [2.24, 2.45) is 5.92 Å². The minimum absolute atomic E-state index is 0.0550. The molecule has 1 amide bonds. The largest absolute Gasteiger partial charge is 0.389 e. The molecule has 8 nitrogen and oxygen atoms in total. The van der Waals surface area contributed by atoms with Crippen LogP contribution < -0.4 is 5.32 Å². The van der Waals surface area contributed by atoms with Gasteiger partial charge in [-0.25, -0.2) is 27.8 Å². The van der Waals surface area contributed by atoms with E-state index in [2.05, 4.69) is 20.4 Å². The molecule has 1 saturated carbocycles. The lowest BCUT2D eigenvalue weighted by Gasteiger charge is -2.15. The van der Waals surface area contributed by atoms with E-state index in [9.17, 15) is 23.1 Å². The first-order chi connectivity index (χ1) is 16.2. The number of halogens is 3. The lowest BCUT2D eigenvalue weighted by Crippen LogP contribution is -2.14. The SMILES string of the molecule is Cc1cc(C(F)F)nn1-c1nc(-n2cnc3cc(NC(=O)C4CC4)c(F)cc32)ccc1C(C)O. The summed E-state index contributed by atoms with van der Waals surface area (Å²) in [6, 6.07) is 7.18. The van der Waals surface area contributed by atoms with E-state index in [1.54, 1.807) is 19.1 Å². The van der Waals surface area contributed by atoms with Crippen LogP contribution in [0.5, 0.6) is 0 Å². The molecule has 1 fully saturated rings. The maximum absolute atomic E-state index is 14.8. The molecule has 5 rings (SSSR count). The van der Waals surface area contributed by atoms with Crippen molar-refractivity contribution >= 4 is 22.6 Å². The number of imidazole rings is 1. The predicted molar refractivity (Wildman–Crippen MR) is 118 cm³/mol. The molecule has 1 aliphatic carbocycles. The summed E-state index contributed by atoms with van der Waals surface area (Å²) >= 11 is 0. The highest BCUT2D eigenvalue weighted by atomic mass is 19.3. The minimum atomic E-state index is -2.76. The molecular formula is C23H21F3N6O2. The van der Waals surface area contributed by atoms with E-state index in [0.717, 1.165) is 12.8 Å². The molecule has 4 aromatic rings. The first kappa shape index (κ1) is 22.1. The van der Waals surface area contributed by atoms with Gasteiger partial charge in [0.2, 0.25) is 5.91 Å². The number of rotatable bonds is 6. The highest BCUT2D eigenvalue weighted by molar-refractivity contribution is 5.96. The van der Waals surface area contributed by atoms with Crippen LogP contribution in [0, 0.1) is 18.7 Å². The van der Waals surface area contributed by atoms with E-state index < -0.39 is 24.0 Å². The van der Waals surface area contributed by atoms with E-state index in [1.807, 2.05) is 0 Å². The smallest absolute Gasteiger partial charge is 0.282 e. The fourth-order valence-electron chi connectivity index (χ4n) is 3.79. The summed E-state index contributed by atoms with van der Waals surface area (Å²) in [5.41, 5.74) is 1.29. The third-order valence-corrected chi connectivity index (χ3v) is 5.76. The summed E-state index contributed by atoms with van der Waals surface area (Å²) in [7, 11) is 0. The summed E-state index contributed by atoms with van der Waals surface area (Å²) in [6.07, 6.45) is -0.645. The van der Waals surface area contributed by atoms with Crippen molar-refractivity contribution in [2.45, 2.75) is 39.2 Å². The van der Waals surface area contributed by atoms with E-state index in [0.29, 0.717) is 28.1 Å². The standard InChI is InChI=1S/C23H21F3N6O2/c1-11-7-18(21(25)26)30-32(11)22-14(12(2)33)5-6-20(29-22)31-10-27-17-9-16(15(24)8-19(17)31)28-23(34)13-3-4-13/h5-10,12-13,21,33H,3-4H2,1-2H3,(H,28,34). The van der Waals surface area contributed by atoms with Gasteiger partial charge in [-0.3, -0.25) is 9.36 Å². The molecule has 34 heavy (non-hydrogen) atoms. The number of aliphatic hydroxyl groups excluding tert-OH is 1.